The van der Waals surface area contributed by atoms with Crippen LogP contribution in [-0.4, -0.2) is 50.1 Å². The Kier molecular flexibility index (Phi) is 7.25. The number of hydrazine groups is 1. The number of aromatic nitrogens is 3. The number of carbonyl (C=O) groups excluding carboxylic acids is 2. The number of amides is 2. The first kappa shape index (κ1) is 30.7. The van der Waals surface area contributed by atoms with Crippen LogP contribution >= 0.6 is 23.2 Å². The van der Waals surface area contributed by atoms with E-state index >= 15 is 4.79 Å². The molecule has 2 N–H and O–H groups in total. The smallest absolute Gasteiger partial charge is 0.347 e. The summed E-state index contributed by atoms with van der Waals surface area (Å²) in [4.78, 5) is 56.4. The minimum Gasteiger partial charge on any atom is -0.504 e. The van der Waals surface area contributed by atoms with Crippen molar-refractivity contribution in [1.29, 1.82) is 0 Å². The SMILES string of the molecule is COc1ccc([C@@]23C(=O)N(Nc4ccc(Cl)cc4Cl)C(=O)[C@@H]2C[C@@H]2C(=CCn4c(=O)n(C)c(=O)n42)[C@@H]3c2ccc(O)c(OC)c2)cc1. The number of nitrogens with zero attached hydrogens (tertiary/aromatic N) is 4. The van der Waals surface area contributed by atoms with Gasteiger partial charge in [0.15, 0.2) is 11.5 Å². The largest absolute Gasteiger partial charge is 0.504 e. The zero-order valence-corrected chi connectivity index (χ0v) is 27.0. The third kappa shape index (κ3) is 4.35. The highest BCUT2D eigenvalue weighted by atomic mass is 35.5. The van der Waals surface area contributed by atoms with Gasteiger partial charge in [0.1, 0.15) is 5.75 Å². The molecule has 0 radical (unpaired) electrons. The number of methoxy groups -OCH3 is 2. The maximum Gasteiger partial charge on any atom is 0.347 e. The molecule has 14 heteroatoms. The number of rotatable bonds is 6. The minimum atomic E-state index is -1.56. The summed E-state index contributed by atoms with van der Waals surface area (Å²) in [5, 5.41) is 12.1. The first-order chi connectivity index (χ1) is 22.5. The van der Waals surface area contributed by atoms with Crippen molar-refractivity contribution < 1.29 is 24.2 Å². The Morgan fingerprint density at radius 3 is 2.36 bits per heavy atom. The van der Waals surface area contributed by atoms with E-state index in [2.05, 4.69) is 5.43 Å². The van der Waals surface area contributed by atoms with Gasteiger partial charge in [0.05, 0.1) is 48.8 Å². The van der Waals surface area contributed by atoms with Crippen LogP contribution < -0.4 is 26.3 Å². The molecule has 0 unspecified atom stereocenters. The predicted molar refractivity (Wildman–Crippen MR) is 173 cm³/mol. The molecule has 2 aliphatic heterocycles. The molecule has 1 aliphatic carbocycles. The number of allylic oxidation sites excluding steroid dienone is 2. The van der Waals surface area contributed by atoms with E-state index in [-0.39, 0.29) is 35.2 Å². The lowest BCUT2D eigenvalue weighted by Crippen LogP contribution is -2.53. The number of hydrogen-bond acceptors (Lipinski definition) is 8. The topological polar surface area (TPSA) is 137 Å². The van der Waals surface area contributed by atoms with Crippen LogP contribution in [-0.2, 0) is 28.6 Å². The van der Waals surface area contributed by atoms with Gasteiger partial charge in [-0.2, -0.15) is 5.01 Å². The second kappa shape index (κ2) is 11.1. The maximum absolute atomic E-state index is 15.2. The molecular formula is C33H29Cl2N5O7. The molecule has 0 bridgehead atoms. The van der Waals surface area contributed by atoms with Crippen molar-refractivity contribution in [2.45, 2.75) is 30.3 Å². The van der Waals surface area contributed by atoms with Gasteiger partial charge in [0.2, 0.25) is 0 Å². The molecule has 2 fully saturated rings. The van der Waals surface area contributed by atoms with Gasteiger partial charge in [-0.1, -0.05) is 47.5 Å². The van der Waals surface area contributed by atoms with E-state index in [1.165, 1.54) is 42.8 Å². The van der Waals surface area contributed by atoms with Gasteiger partial charge in [-0.15, -0.1) is 0 Å². The molecule has 47 heavy (non-hydrogen) atoms. The molecule has 1 saturated carbocycles. The van der Waals surface area contributed by atoms with Gasteiger partial charge in [-0.05, 0) is 65.6 Å². The molecule has 1 aromatic heterocycles. The van der Waals surface area contributed by atoms with Crippen LogP contribution in [0.1, 0.15) is 29.5 Å². The fraction of sp³-hybridized carbons (Fsp3) is 0.273. The molecule has 0 spiro atoms. The lowest BCUT2D eigenvalue weighted by Gasteiger charge is -2.49. The average Bonchev–Trinajstić information content (AvgIpc) is 3.42. The van der Waals surface area contributed by atoms with Crippen LogP contribution in [0.2, 0.25) is 10.0 Å². The van der Waals surface area contributed by atoms with E-state index in [1.54, 1.807) is 48.5 Å². The van der Waals surface area contributed by atoms with E-state index in [0.29, 0.717) is 27.5 Å². The fourth-order valence-corrected chi connectivity index (χ4v) is 7.91. The molecule has 4 atom stereocenters. The number of halogens is 2. The number of aromatic hydroxyl groups is 1. The number of phenols is 1. The van der Waals surface area contributed by atoms with E-state index in [1.807, 2.05) is 6.08 Å². The highest BCUT2D eigenvalue weighted by molar-refractivity contribution is 6.36. The van der Waals surface area contributed by atoms with Crippen molar-refractivity contribution >= 4 is 40.7 Å². The number of nitrogens with one attached hydrogen (secondary N) is 1. The Morgan fingerprint density at radius 1 is 0.936 bits per heavy atom. The summed E-state index contributed by atoms with van der Waals surface area (Å²) in [7, 11) is 4.35. The van der Waals surface area contributed by atoms with E-state index in [0.717, 1.165) is 9.58 Å². The maximum atomic E-state index is 15.2. The molecule has 3 aromatic carbocycles. The molecular weight excluding hydrogens is 649 g/mol. The van der Waals surface area contributed by atoms with Crippen molar-refractivity contribution in [1.82, 2.24) is 18.9 Å². The monoisotopic (exact) mass is 677 g/mol. The number of carbonyl (C=O) groups is 2. The Bertz CT molecular complexity index is 2120. The number of imide groups is 1. The van der Waals surface area contributed by atoms with Crippen LogP contribution in [0.25, 0.3) is 0 Å². The lowest BCUT2D eigenvalue weighted by molar-refractivity contribution is -0.138. The molecule has 1 saturated heterocycles. The lowest BCUT2D eigenvalue weighted by atomic mass is 9.53. The average molecular weight is 679 g/mol. The van der Waals surface area contributed by atoms with Crippen LogP contribution in [0.4, 0.5) is 5.69 Å². The number of hydrogen-bond donors (Lipinski definition) is 2. The van der Waals surface area contributed by atoms with Crippen molar-refractivity contribution in [3.8, 4) is 17.2 Å². The van der Waals surface area contributed by atoms with E-state index < -0.39 is 46.5 Å². The number of fused-ring (bicyclic) bond motifs is 4. The van der Waals surface area contributed by atoms with Crippen molar-refractivity contribution in [2.24, 2.45) is 13.0 Å². The van der Waals surface area contributed by atoms with Gasteiger partial charge >= 0.3 is 11.4 Å². The van der Waals surface area contributed by atoms with E-state index in [4.69, 9.17) is 32.7 Å². The van der Waals surface area contributed by atoms with Crippen LogP contribution in [0.3, 0.4) is 0 Å². The van der Waals surface area contributed by atoms with Crippen molar-refractivity contribution in [2.75, 3.05) is 19.6 Å². The zero-order chi connectivity index (χ0) is 33.4. The molecule has 4 aromatic rings. The predicted octanol–water partition coefficient (Wildman–Crippen LogP) is 4.00. The summed E-state index contributed by atoms with van der Waals surface area (Å²) in [5.41, 5.74) is 2.41. The van der Waals surface area contributed by atoms with Crippen molar-refractivity contribution in [3.05, 3.63) is 114 Å². The number of ether oxygens (including phenoxy) is 2. The first-order valence-electron chi connectivity index (χ1n) is 14.7. The van der Waals surface area contributed by atoms with Crippen molar-refractivity contribution in [3.63, 3.8) is 0 Å². The third-order valence-electron chi connectivity index (χ3n) is 9.57. The molecule has 7 rings (SSSR count). The van der Waals surface area contributed by atoms with Gasteiger partial charge in [-0.3, -0.25) is 15.0 Å². The van der Waals surface area contributed by atoms with Crippen LogP contribution in [0, 0.1) is 5.92 Å². The molecule has 242 valence electrons. The fourth-order valence-electron chi connectivity index (χ4n) is 7.46. The van der Waals surface area contributed by atoms with Gasteiger partial charge in [0.25, 0.3) is 11.8 Å². The summed E-state index contributed by atoms with van der Waals surface area (Å²) < 4.78 is 14.6. The van der Waals surface area contributed by atoms with Gasteiger partial charge in [-0.25, -0.2) is 23.5 Å². The van der Waals surface area contributed by atoms with Crippen LogP contribution in [0.5, 0.6) is 17.2 Å². The number of phenolic OH excluding ortho intramolecular Hbond substituents is 1. The Balaban J connectivity index is 1.51. The highest BCUT2D eigenvalue weighted by Crippen LogP contribution is 2.62. The summed E-state index contributed by atoms with van der Waals surface area (Å²) in [6, 6.07) is 15.6. The highest BCUT2D eigenvalue weighted by Gasteiger charge is 2.68. The normalized spacial score (nSPS) is 23.1. The Hall–Kier alpha value is -4.94. The zero-order valence-electron chi connectivity index (χ0n) is 25.4. The van der Waals surface area contributed by atoms with E-state index in [9.17, 15) is 19.5 Å². The van der Waals surface area contributed by atoms with Crippen LogP contribution in [0.15, 0.2) is 81.9 Å². The molecule has 3 aliphatic rings. The van der Waals surface area contributed by atoms with Gasteiger partial charge in [0, 0.05) is 18.0 Å². The second-order valence-electron chi connectivity index (χ2n) is 11.7. The first-order valence-corrected chi connectivity index (χ1v) is 15.5. The number of benzene rings is 3. The summed E-state index contributed by atoms with van der Waals surface area (Å²) in [6.45, 7) is 0.0698. The molecule has 12 nitrogen and oxygen atoms in total. The quantitative estimate of drug-likeness (QED) is 0.231. The Morgan fingerprint density at radius 2 is 1.68 bits per heavy atom. The molecule has 2 amide bonds. The summed E-state index contributed by atoms with van der Waals surface area (Å²) in [5.74, 6) is -2.38. The molecule has 3 heterocycles. The number of anilines is 1. The minimum absolute atomic E-state index is 0.0318. The van der Waals surface area contributed by atoms with Gasteiger partial charge < -0.3 is 14.6 Å². The third-order valence-corrected chi connectivity index (χ3v) is 10.1. The second-order valence-corrected chi connectivity index (χ2v) is 12.6. The summed E-state index contributed by atoms with van der Waals surface area (Å²) in [6.07, 6.45) is 1.88. The summed E-state index contributed by atoms with van der Waals surface area (Å²) >= 11 is 12.6. The standard InChI is InChI=1S/C33H29Cl2N5O7/c1-37-31(44)38-13-12-21-25(40(38)32(37)45)16-22-29(42)39(36-24-10-7-19(34)15-23(24)35)30(43)33(22,18-5-8-20(46-2)9-6-18)28(21)17-4-11-26(41)27(14-17)47-3/h4-12,14-15,22,25,28,36,41H,13,16H2,1-3H3/t22-,25+,28-,33+/m0/s1. The Labute approximate surface area is 277 Å².